The van der Waals surface area contributed by atoms with Crippen LogP contribution < -0.4 is 4.74 Å². The Morgan fingerprint density at radius 1 is 1.10 bits per heavy atom. The summed E-state index contributed by atoms with van der Waals surface area (Å²) in [5, 5.41) is 16.7. The maximum atomic E-state index is 15.8. The van der Waals surface area contributed by atoms with Crippen LogP contribution in [0.25, 0.3) is 55.6 Å². The number of rotatable bonds is 6. The minimum absolute atomic E-state index is 0.272. The highest BCUT2D eigenvalue weighted by Gasteiger charge is 2.34. The van der Waals surface area contributed by atoms with Crippen LogP contribution in [0.3, 0.4) is 0 Å². The summed E-state index contributed by atoms with van der Waals surface area (Å²) < 4.78 is 31.6. The Labute approximate surface area is 278 Å². The number of nitrogens with zero attached hydrogens (tertiary/aromatic N) is 5. The van der Waals surface area contributed by atoms with E-state index in [9.17, 15) is 9.90 Å². The van der Waals surface area contributed by atoms with E-state index in [4.69, 9.17) is 19.4 Å². The van der Waals surface area contributed by atoms with Gasteiger partial charge in [0.25, 0.3) is 0 Å². The van der Waals surface area contributed by atoms with Gasteiger partial charge >= 0.3 is 5.97 Å². The molecule has 1 N–H and O–H groups in total. The number of hydrogen-bond acceptors (Lipinski definition) is 6. The monoisotopic (exact) mass is 647 g/mol. The standard InChI is InChI=1S/C38H38FN5O4/c1-20-24-12-9-15-47-34(24)28(39)17-26(20)32-27-18-30(43(6)36(27)42-21(2)31(32)35(37(45)46)48-38(3,4)5)22-13-14-40-29(16-22)25-11-8-10-23-19-41-44(7)33(23)25/h8,10-11,13-14,16-19,35H,9,12,15H2,1-7H3,(H,45,46)/t35-/m0/s1. The van der Waals surface area contributed by atoms with Crippen molar-refractivity contribution in [2.24, 2.45) is 14.1 Å². The van der Waals surface area contributed by atoms with Crippen molar-refractivity contribution < 1.29 is 23.8 Å². The molecular formula is C38H38FN5O4. The normalized spacial score (nSPS) is 13.9. The minimum Gasteiger partial charge on any atom is -0.490 e. The van der Waals surface area contributed by atoms with Crippen molar-refractivity contribution in [3.8, 4) is 39.4 Å². The maximum absolute atomic E-state index is 15.8. The lowest BCUT2D eigenvalue weighted by Crippen LogP contribution is -2.28. The van der Waals surface area contributed by atoms with Crippen molar-refractivity contribution >= 4 is 27.9 Å². The van der Waals surface area contributed by atoms with Gasteiger partial charge in [-0.25, -0.2) is 14.2 Å². The van der Waals surface area contributed by atoms with Crippen molar-refractivity contribution in [3.05, 3.63) is 83.1 Å². The van der Waals surface area contributed by atoms with Crippen LogP contribution in [-0.4, -0.2) is 47.6 Å². The Kier molecular flexibility index (Phi) is 7.58. The molecule has 10 heteroatoms. The number of aliphatic carboxylic acids is 1. The number of fused-ring (bicyclic) bond motifs is 3. The maximum Gasteiger partial charge on any atom is 0.337 e. The van der Waals surface area contributed by atoms with Crippen LogP contribution in [0, 0.1) is 19.7 Å². The van der Waals surface area contributed by atoms with Crippen molar-refractivity contribution in [2.75, 3.05) is 6.61 Å². The SMILES string of the molecule is Cc1nc2c(cc(-c3ccnc(-c4cccc5cnn(C)c45)c3)n2C)c(-c2cc(F)c3c(c2C)CCCO3)c1[C@H](OC(C)(C)C)C(=O)O. The van der Waals surface area contributed by atoms with Gasteiger partial charge in [-0.1, -0.05) is 18.2 Å². The molecule has 0 saturated heterocycles. The highest BCUT2D eigenvalue weighted by atomic mass is 19.1. The Hall–Kier alpha value is -5.09. The van der Waals surface area contributed by atoms with E-state index in [2.05, 4.69) is 5.10 Å². The molecule has 5 heterocycles. The van der Waals surface area contributed by atoms with Gasteiger partial charge in [-0.2, -0.15) is 5.10 Å². The molecule has 1 aliphatic heterocycles. The highest BCUT2D eigenvalue weighted by molar-refractivity contribution is 6.02. The quantitative estimate of drug-likeness (QED) is 0.196. The van der Waals surface area contributed by atoms with Crippen LogP contribution in [0.1, 0.15) is 55.7 Å². The van der Waals surface area contributed by atoms with E-state index in [0.29, 0.717) is 46.4 Å². The van der Waals surface area contributed by atoms with Gasteiger partial charge in [0.1, 0.15) is 5.65 Å². The van der Waals surface area contributed by atoms with Crippen LogP contribution in [0.2, 0.25) is 0 Å². The Morgan fingerprint density at radius 2 is 1.90 bits per heavy atom. The summed E-state index contributed by atoms with van der Waals surface area (Å²) in [6, 6.07) is 13.5. The predicted octanol–water partition coefficient (Wildman–Crippen LogP) is 7.88. The van der Waals surface area contributed by atoms with Gasteiger partial charge in [0.15, 0.2) is 17.7 Å². The number of carbonyl (C=O) groups is 1. The summed E-state index contributed by atoms with van der Waals surface area (Å²) >= 11 is 0. The number of para-hydroxylation sites is 1. The molecule has 0 fully saturated rings. The zero-order valence-corrected chi connectivity index (χ0v) is 28.2. The molecule has 246 valence electrons. The summed E-state index contributed by atoms with van der Waals surface area (Å²) in [6.45, 7) is 9.65. The van der Waals surface area contributed by atoms with Crippen molar-refractivity contribution in [3.63, 3.8) is 0 Å². The van der Waals surface area contributed by atoms with Gasteiger partial charge in [0.05, 0.1) is 35.3 Å². The van der Waals surface area contributed by atoms with Gasteiger partial charge < -0.3 is 19.1 Å². The second kappa shape index (κ2) is 11.6. The number of halogens is 1. The fourth-order valence-electron chi connectivity index (χ4n) is 7.03. The van der Waals surface area contributed by atoms with E-state index in [-0.39, 0.29) is 5.75 Å². The Balaban J connectivity index is 1.51. The van der Waals surface area contributed by atoms with Crippen LogP contribution in [0.5, 0.6) is 5.75 Å². The lowest BCUT2D eigenvalue weighted by Gasteiger charge is -2.29. The molecule has 7 rings (SSSR count). The van der Waals surface area contributed by atoms with Crippen molar-refractivity contribution in [1.29, 1.82) is 0 Å². The van der Waals surface area contributed by atoms with Gasteiger partial charge in [-0.05, 0) is 82.9 Å². The Morgan fingerprint density at radius 3 is 2.65 bits per heavy atom. The molecule has 4 aromatic heterocycles. The van der Waals surface area contributed by atoms with Crippen molar-refractivity contribution in [1.82, 2.24) is 24.3 Å². The summed E-state index contributed by atoms with van der Waals surface area (Å²) in [7, 11) is 3.85. The molecule has 0 amide bonds. The molecule has 0 radical (unpaired) electrons. The van der Waals surface area contributed by atoms with E-state index < -0.39 is 23.5 Å². The molecule has 9 nitrogen and oxygen atoms in total. The second-order valence-electron chi connectivity index (χ2n) is 13.5. The average Bonchev–Trinajstić information content (AvgIpc) is 3.60. The number of pyridine rings is 2. The third-order valence-electron chi connectivity index (χ3n) is 9.16. The molecule has 1 atom stereocenters. The number of carboxylic acid groups (broad SMARTS) is 1. The number of hydrogen-bond donors (Lipinski definition) is 1. The first kappa shape index (κ1) is 31.5. The molecule has 0 spiro atoms. The fraction of sp³-hybridized carbons (Fsp3) is 0.316. The number of benzene rings is 2. The van der Waals surface area contributed by atoms with Crippen LogP contribution in [0.15, 0.2) is 54.9 Å². The van der Waals surface area contributed by atoms with Gasteiger partial charge in [0.2, 0.25) is 0 Å². The topological polar surface area (TPSA) is 104 Å². The second-order valence-corrected chi connectivity index (χ2v) is 13.5. The molecule has 0 aliphatic carbocycles. The van der Waals surface area contributed by atoms with Crippen LogP contribution in [-0.2, 0) is 30.0 Å². The molecular weight excluding hydrogens is 609 g/mol. The minimum atomic E-state index is -1.35. The van der Waals surface area contributed by atoms with Gasteiger partial charge in [0, 0.05) is 64.6 Å². The number of ether oxygens (including phenoxy) is 2. The lowest BCUT2D eigenvalue weighted by atomic mass is 9.86. The first-order chi connectivity index (χ1) is 22.8. The van der Waals surface area contributed by atoms with Crippen LogP contribution in [0.4, 0.5) is 4.39 Å². The number of aryl methyl sites for hydroxylation is 3. The molecule has 0 saturated carbocycles. The molecule has 0 unspecified atom stereocenters. The van der Waals surface area contributed by atoms with E-state index in [1.54, 1.807) is 13.1 Å². The smallest absolute Gasteiger partial charge is 0.337 e. The predicted molar refractivity (Wildman–Crippen MR) is 184 cm³/mol. The average molecular weight is 648 g/mol. The third kappa shape index (κ3) is 5.20. The summed E-state index contributed by atoms with van der Waals surface area (Å²) in [5.41, 5.74) is 8.06. The molecule has 1 aliphatic rings. The first-order valence-electron chi connectivity index (χ1n) is 16.1. The van der Waals surface area contributed by atoms with E-state index in [0.717, 1.165) is 51.0 Å². The lowest BCUT2D eigenvalue weighted by molar-refractivity contribution is -0.160. The first-order valence-corrected chi connectivity index (χ1v) is 16.1. The highest BCUT2D eigenvalue weighted by Crippen LogP contribution is 2.45. The largest absolute Gasteiger partial charge is 0.490 e. The van der Waals surface area contributed by atoms with Gasteiger partial charge in [-0.3, -0.25) is 9.67 Å². The molecule has 0 bridgehead atoms. The summed E-state index contributed by atoms with van der Waals surface area (Å²) in [5.74, 6) is -1.34. The molecule has 2 aromatic carbocycles. The van der Waals surface area contributed by atoms with E-state index >= 15 is 4.39 Å². The Bertz CT molecular complexity index is 2260. The number of carboxylic acids is 1. The fourth-order valence-corrected chi connectivity index (χ4v) is 7.03. The van der Waals surface area contributed by atoms with E-state index in [1.807, 2.05) is 93.6 Å². The zero-order valence-electron chi connectivity index (χ0n) is 28.2. The van der Waals surface area contributed by atoms with Crippen LogP contribution >= 0.6 is 0 Å². The van der Waals surface area contributed by atoms with E-state index in [1.165, 1.54) is 6.07 Å². The van der Waals surface area contributed by atoms with Crippen molar-refractivity contribution in [2.45, 2.75) is 59.2 Å². The molecule has 48 heavy (non-hydrogen) atoms. The molecule has 6 aromatic rings. The zero-order chi connectivity index (χ0) is 34.1. The summed E-state index contributed by atoms with van der Waals surface area (Å²) in [4.78, 5) is 22.6. The summed E-state index contributed by atoms with van der Waals surface area (Å²) in [6.07, 6.45) is 3.71. The third-order valence-corrected chi connectivity index (χ3v) is 9.16. The van der Waals surface area contributed by atoms with Gasteiger partial charge in [-0.15, -0.1) is 0 Å². The number of aromatic nitrogens is 5.